The number of hydrogen-bond acceptors (Lipinski definition) is 3. The fraction of sp³-hybridized carbons (Fsp3) is 0.167. The molecule has 0 aliphatic carbocycles. The van der Waals surface area contributed by atoms with Crippen LogP contribution in [0.4, 0.5) is 0 Å². The van der Waals surface area contributed by atoms with Gasteiger partial charge in [-0.1, -0.05) is 47.7 Å². The molecule has 4 nitrogen and oxygen atoms in total. The zero-order chi connectivity index (χ0) is 17.4. The molecule has 0 heterocycles. The molecule has 0 aromatic heterocycles. The zero-order valence-electron chi connectivity index (χ0n) is 12.8. The van der Waals surface area contributed by atoms with Crippen LogP contribution in [0.1, 0.15) is 12.0 Å². The van der Waals surface area contributed by atoms with Crippen molar-refractivity contribution in [1.29, 1.82) is 0 Å². The fourth-order valence-corrected chi connectivity index (χ4v) is 3.37. The van der Waals surface area contributed by atoms with E-state index in [-0.39, 0.29) is 29.5 Å². The summed E-state index contributed by atoms with van der Waals surface area (Å²) in [6, 6.07) is 15.2. The first kappa shape index (κ1) is 18.1. The van der Waals surface area contributed by atoms with Gasteiger partial charge in [0.15, 0.2) is 9.84 Å². The molecule has 0 unspecified atom stereocenters. The van der Waals surface area contributed by atoms with E-state index in [2.05, 4.69) is 17.2 Å². The van der Waals surface area contributed by atoms with E-state index in [9.17, 15) is 13.2 Å². The predicted octanol–water partition coefficient (Wildman–Crippen LogP) is 2.67. The number of amides is 1. The van der Waals surface area contributed by atoms with Crippen LogP contribution in [-0.2, 0) is 14.6 Å². The van der Waals surface area contributed by atoms with E-state index in [1.807, 2.05) is 6.07 Å². The third kappa shape index (κ3) is 5.73. The summed E-state index contributed by atoms with van der Waals surface area (Å²) in [6.07, 6.45) is -0.101. The van der Waals surface area contributed by atoms with Crippen molar-refractivity contribution in [2.24, 2.45) is 0 Å². The Hall–Kier alpha value is -2.29. The lowest BCUT2D eigenvalue weighted by Crippen LogP contribution is -2.25. The molecule has 0 fully saturated rings. The van der Waals surface area contributed by atoms with Crippen LogP contribution in [0, 0.1) is 11.8 Å². The molecular formula is C18H16ClNO3S. The largest absolute Gasteiger partial charge is 0.345 e. The van der Waals surface area contributed by atoms with Gasteiger partial charge in [0, 0.05) is 17.0 Å². The second-order valence-corrected chi connectivity index (χ2v) is 7.52. The van der Waals surface area contributed by atoms with Gasteiger partial charge in [0.2, 0.25) is 5.91 Å². The summed E-state index contributed by atoms with van der Waals surface area (Å²) >= 11 is 5.85. The minimum atomic E-state index is -3.45. The summed E-state index contributed by atoms with van der Waals surface area (Å²) in [4.78, 5) is 11.9. The summed E-state index contributed by atoms with van der Waals surface area (Å²) in [5, 5.41) is 3.18. The highest BCUT2D eigenvalue weighted by Gasteiger charge is 2.15. The Morgan fingerprint density at radius 2 is 1.83 bits per heavy atom. The number of sulfone groups is 1. The summed E-state index contributed by atoms with van der Waals surface area (Å²) in [7, 11) is -3.45. The fourth-order valence-electron chi connectivity index (χ4n) is 1.92. The molecule has 124 valence electrons. The minimum Gasteiger partial charge on any atom is -0.345 e. The number of hydrogen-bond donors (Lipinski definition) is 1. The number of halogens is 1. The Morgan fingerprint density at radius 1 is 1.08 bits per heavy atom. The van der Waals surface area contributed by atoms with Gasteiger partial charge in [0.05, 0.1) is 17.2 Å². The third-order valence-corrected chi connectivity index (χ3v) is 5.10. The van der Waals surface area contributed by atoms with E-state index in [0.717, 1.165) is 5.56 Å². The quantitative estimate of drug-likeness (QED) is 0.833. The number of benzene rings is 2. The second-order valence-electron chi connectivity index (χ2n) is 4.97. The Morgan fingerprint density at radius 3 is 2.54 bits per heavy atom. The maximum atomic E-state index is 12.1. The molecule has 2 aromatic rings. The average molecular weight is 362 g/mol. The van der Waals surface area contributed by atoms with Crippen molar-refractivity contribution >= 4 is 27.3 Å². The van der Waals surface area contributed by atoms with E-state index < -0.39 is 9.84 Å². The van der Waals surface area contributed by atoms with E-state index in [1.54, 1.807) is 36.4 Å². The number of rotatable bonds is 5. The topological polar surface area (TPSA) is 63.2 Å². The van der Waals surface area contributed by atoms with Gasteiger partial charge in [-0.05, 0) is 30.3 Å². The lowest BCUT2D eigenvalue weighted by atomic mass is 10.2. The summed E-state index contributed by atoms with van der Waals surface area (Å²) < 4.78 is 24.1. The first-order valence-electron chi connectivity index (χ1n) is 7.26. The average Bonchev–Trinajstić information content (AvgIpc) is 2.58. The highest BCUT2D eigenvalue weighted by molar-refractivity contribution is 7.91. The molecule has 1 N–H and O–H groups in total. The van der Waals surface area contributed by atoms with Crippen LogP contribution in [0.5, 0.6) is 0 Å². The normalized spacial score (nSPS) is 10.5. The monoisotopic (exact) mass is 361 g/mol. The SMILES string of the molecule is O=C(CCS(=O)(=O)c1ccccc1)NCC#Cc1cccc(Cl)c1. The summed E-state index contributed by atoms with van der Waals surface area (Å²) in [5.74, 6) is 5.09. The third-order valence-electron chi connectivity index (χ3n) is 3.13. The molecule has 0 aliphatic rings. The van der Waals surface area contributed by atoms with Gasteiger partial charge in [-0.2, -0.15) is 0 Å². The minimum absolute atomic E-state index is 0.101. The van der Waals surface area contributed by atoms with Crippen molar-refractivity contribution in [2.75, 3.05) is 12.3 Å². The van der Waals surface area contributed by atoms with Crippen LogP contribution in [-0.4, -0.2) is 26.6 Å². The first-order valence-corrected chi connectivity index (χ1v) is 9.29. The second kappa shape index (κ2) is 8.53. The van der Waals surface area contributed by atoms with Crippen LogP contribution in [0.15, 0.2) is 59.5 Å². The molecule has 0 saturated heterocycles. The van der Waals surface area contributed by atoms with Gasteiger partial charge in [-0.15, -0.1) is 0 Å². The van der Waals surface area contributed by atoms with Gasteiger partial charge in [0.25, 0.3) is 0 Å². The molecule has 0 aliphatic heterocycles. The Kier molecular flexibility index (Phi) is 6.42. The molecule has 0 spiro atoms. The van der Waals surface area contributed by atoms with E-state index in [1.165, 1.54) is 12.1 Å². The molecule has 1 amide bonds. The maximum Gasteiger partial charge on any atom is 0.221 e. The molecular weight excluding hydrogens is 346 g/mol. The van der Waals surface area contributed by atoms with Crippen molar-refractivity contribution in [3.05, 3.63) is 65.2 Å². The summed E-state index contributed by atoms with van der Waals surface area (Å²) in [6.45, 7) is 0.150. The van der Waals surface area contributed by atoms with Gasteiger partial charge in [0.1, 0.15) is 0 Å². The number of nitrogens with one attached hydrogen (secondary N) is 1. The molecule has 0 bridgehead atoms. The molecule has 24 heavy (non-hydrogen) atoms. The van der Waals surface area contributed by atoms with Crippen LogP contribution in [0.25, 0.3) is 0 Å². The maximum absolute atomic E-state index is 12.1. The van der Waals surface area contributed by atoms with Crippen molar-refractivity contribution in [3.8, 4) is 11.8 Å². The van der Waals surface area contributed by atoms with Gasteiger partial charge in [-0.3, -0.25) is 4.79 Å². The van der Waals surface area contributed by atoms with Crippen molar-refractivity contribution in [2.45, 2.75) is 11.3 Å². The van der Waals surface area contributed by atoms with Crippen molar-refractivity contribution in [1.82, 2.24) is 5.32 Å². The standard InChI is InChI=1S/C18H16ClNO3S/c19-16-8-4-6-15(14-16)7-5-12-20-18(21)11-13-24(22,23)17-9-2-1-3-10-17/h1-4,6,8-10,14H,11-13H2,(H,20,21). The number of carbonyl (C=O) groups is 1. The van der Waals surface area contributed by atoms with E-state index in [0.29, 0.717) is 5.02 Å². The highest BCUT2D eigenvalue weighted by Crippen LogP contribution is 2.11. The van der Waals surface area contributed by atoms with Crippen LogP contribution >= 0.6 is 11.6 Å². The highest BCUT2D eigenvalue weighted by atomic mass is 35.5. The van der Waals surface area contributed by atoms with Crippen molar-refractivity contribution < 1.29 is 13.2 Å². The molecule has 2 rings (SSSR count). The first-order chi connectivity index (χ1) is 11.5. The van der Waals surface area contributed by atoms with Gasteiger partial charge in [-0.25, -0.2) is 8.42 Å². The van der Waals surface area contributed by atoms with Crippen LogP contribution in [0.3, 0.4) is 0 Å². The Labute approximate surface area is 146 Å². The predicted molar refractivity (Wildman–Crippen MR) is 94.5 cm³/mol. The van der Waals surface area contributed by atoms with Gasteiger partial charge < -0.3 is 5.32 Å². The molecule has 6 heteroatoms. The van der Waals surface area contributed by atoms with Crippen molar-refractivity contribution in [3.63, 3.8) is 0 Å². The van der Waals surface area contributed by atoms with E-state index in [4.69, 9.17) is 11.6 Å². The zero-order valence-corrected chi connectivity index (χ0v) is 14.4. The Bertz CT molecular complexity index is 868. The molecule has 0 saturated carbocycles. The van der Waals surface area contributed by atoms with E-state index >= 15 is 0 Å². The lowest BCUT2D eigenvalue weighted by molar-refractivity contribution is -0.120. The molecule has 0 atom stereocenters. The van der Waals surface area contributed by atoms with Gasteiger partial charge >= 0.3 is 0 Å². The van der Waals surface area contributed by atoms with Crippen LogP contribution in [0.2, 0.25) is 5.02 Å². The molecule has 0 radical (unpaired) electrons. The lowest BCUT2D eigenvalue weighted by Gasteiger charge is -2.04. The number of carbonyl (C=O) groups excluding carboxylic acids is 1. The molecule has 2 aromatic carbocycles. The Balaban J connectivity index is 1.80. The summed E-state index contributed by atoms with van der Waals surface area (Å²) in [5.41, 5.74) is 0.753. The smallest absolute Gasteiger partial charge is 0.221 e. The van der Waals surface area contributed by atoms with Crippen LogP contribution < -0.4 is 5.32 Å².